The van der Waals surface area contributed by atoms with E-state index in [1.807, 2.05) is 56.3 Å². The highest BCUT2D eigenvalue weighted by Crippen LogP contribution is 2.24. The number of nitrogens with zero attached hydrogens (tertiary/aromatic N) is 1. The summed E-state index contributed by atoms with van der Waals surface area (Å²) in [6, 6.07) is 14.8. The van der Waals surface area contributed by atoms with Crippen LogP contribution in [0.25, 0.3) is 0 Å². The second-order valence-electron chi connectivity index (χ2n) is 6.34. The molecule has 138 valence electrons. The fraction of sp³-hybridized carbons (Fsp3) is 0.300. The number of rotatable bonds is 6. The van der Waals surface area contributed by atoms with Gasteiger partial charge < -0.3 is 15.5 Å². The van der Waals surface area contributed by atoms with E-state index in [1.165, 1.54) is 0 Å². The molecule has 0 aliphatic carbocycles. The number of amides is 2. The highest BCUT2D eigenvalue weighted by Gasteiger charge is 2.18. The molecular weight excluding hydrogens is 350 g/mol. The fourth-order valence-corrected chi connectivity index (χ4v) is 2.58. The maximum Gasteiger partial charge on any atom is 0.253 e. The second-order valence-corrected chi connectivity index (χ2v) is 6.99. The van der Waals surface area contributed by atoms with Gasteiger partial charge in [-0.05, 0) is 37.6 Å². The highest BCUT2D eigenvalue weighted by molar-refractivity contribution is 6.32. The molecule has 0 aliphatic rings. The Bertz CT molecular complexity index is 776. The van der Waals surface area contributed by atoms with Gasteiger partial charge in [0.15, 0.2) is 0 Å². The summed E-state index contributed by atoms with van der Waals surface area (Å²) in [4.78, 5) is 26.5. The lowest BCUT2D eigenvalue weighted by atomic mass is 10.1. The molecule has 2 N–H and O–H groups in total. The molecule has 0 radical (unpaired) electrons. The predicted octanol–water partition coefficient (Wildman–Crippen LogP) is 3.81. The average Bonchev–Trinajstić information content (AvgIpc) is 2.61. The van der Waals surface area contributed by atoms with Crippen LogP contribution in [-0.2, 0) is 4.79 Å². The smallest absolute Gasteiger partial charge is 0.253 e. The number of benzene rings is 2. The van der Waals surface area contributed by atoms with Crippen LogP contribution in [0.3, 0.4) is 0 Å². The second kappa shape index (κ2) is 8.72. The van der Waals surface area contributed by atoms with Crippen LogP contribution in [-0.4, -0.2) is 31.3 Å². The van der Waals surface area contributed by atoms with E-state index in [9.17, 15) is 9.59 Å². The van der Waals surface area contributed by atoms with Crippen LogP contribution in [0.1, 0.15) is 35.8 Å². The molecule has 0 saturated heterocycles. The van der Waals surface area contributed by atoms with Gasteiger partial charge in [0.25, 0.3) is 5.91 Å². The summed E-state index contributed by atoms with van der Waals surface area (Å²) < 4.78 is 0. The molecule has 2 aromatic rings. The van der Waals surface area contributed by atoms with E-state index in [4.69, 9.17) is 11.6 Å². The maximum absolute atomic E-state index is 12.8. The Morgan fingerprint density at radius 1 is 1.04 bits per heavy atom. The third kappa shape index (κ3) is 4.99. The van der Waals surface area contributed by atoms with Gasteiger partial charge in [-0.2, -0.15) is 0 Å². The van der Waals surface area contributed by atoms with E-state index in [2.05, 4.69) is 10.6 Å². The molecule has 2 aromatic carbocycles. The van der Waals surface area contributed by atoms with E-state index in [0.29, 0.717) is 11.3 Å². The Hall–Kier alpha value is -2.53. The van der Waals surface area contributed by atoms with Crippen molar-refractivity contribution in [3.05, 3.63) is 59.7 Å². The molecule has 6 heteroatoms. The van der Waals surface area contributed by atoms with Crippen LogP contribution in [0, 0.1) is 0 Å². The van der Waals surface area contributed by atoms with Crippen LogP contribution in [0.4, 0.5) is 11.4 Å². The van der Waals surface area contributed by atoms with E-state index in [0.717, 1.165) is 11.3 Å². The monoisotopic (exact) mass is 373 g/mol. The zero-order valence-electron chi connectivity index (χ0n) is 15.4. The third-order valence-electron chi connectivity index (χ3n) is 4.00. The number of halogens is 1. The highest BCUT2D eigenvalue weighted by atomic mass is 35.5. The minimum atomic E-state index is -0.654. The van der Waals surface area contributed by atoms with Crippen molar-refractivity contribution < 1.29 is 9.59 Å². The van der Waals surface area contributed by atoms with Crippen molar-refractivity contribution in [1.29, 1.82) is 0 Å². The molecular formula is C20H24ClN3O2. The zero-order chi connectivity index (χ0) is 19.3. The van der Waals surface area contributed by atoms with Crippen molar-refractivity contribution in [2.45, 2.75) is 25.3 Å². The van der Waals surface area contributed by atoms with Crippen molar-refractivity contribution in [3.8, 4) is 0 Å². The minimum absolute atomic E-state index is 0.139. The lowest BCUT2D eigenvalue weighted by Gasteiger charge is -2.20. The van der Waals surface area contributed by atoms with Crippen LogP contribution in [0.5, 0.6) is 0 Å². The normalized spacial score (nSPS) is 12.8. The molecule has 0 spiro atoms. The maximum atomic E-state index is 12.8. The Kier molecular flexibility index (Phi) is 6.64. The van der Waals surface area contributed by atoms with Gasteiger partial charge in [0.05, 0.1) is 11.6 Å². The Labute approximate surface area is 159 Å². The van der Waals surface area contributed by atoms with Gasteiger partial charge >= 0.3 is 0 Å². The standard InChI is InChI=1S/C20H24ClN3O2/c1-13(21)19(25)23-16-10-11-18(24(3)4)17(12-16)20(26)22-14(2)15-8-6-5-7-9-15/h5-14H,1-4H3,(H,22,26)(H,23,25)/t13-,14-/m0/s1. The van der Waals surface area contributed by atoms with Crippen LogP contribution >= 0.6 is 11.6 Å². The summed E-state index contributed by atoms with van der Waals surface area (Å²) in [6.45, 7) is 3.53. The van der Waals surface area contributed by atoms with Crippen molar-refractivity contribution in [2.24, 2.45) is 0 Å². The van der Waals surface area contributed by atoms with Gasteiger partial charge in [0, 0.05) is 25.5 Å². The lowest BCUT2D eigenvalue weighted by molar-refractivity contribution is -0.115. The van der Waals surface area contributed by atoms with Crippen molar-refractivity contribution in [1.82, 2.24) is 5.32 Å². The van der Waals surface area contributed by atoms with Crippen LogP contribution in [0.15, 0.2) is 48.5 Å². The number of alkyl halides is 1. The first kappa shape index (κ1) is 19.8. The molecule has 2 amide bonds. The largest absolute Gasteiger partial charge is 0.377 e. The van der Waals surface area contributed by atoms with Crippen molar-refractivity contribution in [2.75, 3.05) is 24.3 Å². The molecule has 0 fully saturated rings. The van der Waals surface area contributed by atoms with Crippen molar-refractivity contribution in [3.63, 3.8) is 0 Å². The number of hydrogen-bond acceptors (Lipinski definition) is 3. The molecule has 0 bridgehead atoms. The Balaban J connectivity index is 2.26. The topological polar surface area (TPSA) is 61.4 Å². The Morgan fingerprint density at radius 3 is 2.27 bits per heavy atom. The molecule has 5 nitrogen and oxygen atoms in total. The molecule has 2 rings (SSSR count). The quantitative estimate of drug-likeness (QED) is 0.757. The molecule has 0 unspecified atom stereocenters. The first-order chi connectivity index (χ1) is 12.3. The van der Waals surface area contributed by atoms with Gasteiger partial charge in [-0.15, -0.1) is 11.6 Å². The first-order valence-corrected chi connectivity index (χ1v) is 8.85. The Morgan fingerprint density at radius 2 is 1.69 bits per heavy atom. The molecule has 0 saturated carbocycles. The summed E-state index contributed by atoms with van der Waals surface area (Å²) in [5, 5.41) is 5.07. The summed E-state index contributed by atoms with van der Waals surface area (Å²) >= 11 is 5.80. The molecule has 2 atom stereocenters. The number of hydrogen-bond donors (Lipinski definition) is 2. The van der Waals surface area contributed by atoms with Crippen LogP contribution < -0.4 is 15.5 Å². The third-order valence-corrected chi connectivity index (χ3v) is 4.20. The zero-order valence-corrected chi connectivity index (χ0v) is 16.2. The first-order valence-electron chi connectivity index (χ1n) is 8.41. The van der Waals surface area contributed by atoms with E-state index < -0.39 is 5.38 Å². The van der Waals surface area contributed by atoms with E-state index in [-0.39, 0.29) is 17.9 Å². The molecule has 0 heterocycles. The summed E-state index contributed by atoms with van der Waals surface area (Å²) in [5.41, 5.74) is 2.80. The fourth-order valence-electron chi connectivity index (χ4n) is 2.53. The van der Waals surface area contributed by atoms with E-state index in [1.54, 1.807) is 25.1 Å². The molecule has 26 heavy (non-hydrogen) atoms. The van der Waals surface area contributed by atoms with Gasteiger partial charge in [-0.3, -0.25) is 9.59 Å². The van der Waals surface area contributed by atoms with Gasteiger partial charge in [0.1, 0.15) is 5.38 Å². The summed E-state index contributed by atoms with van der Waals surface area (Å²) in [7, 11) is 3.73. The average molecular weight is 374 g/mol. The van der Waals surface area contributed by atoms with Crippen molar-refractivity contribution >= 4 is 34.8 Å². The summed E-state index contributed by atoms with van der Waals surface area (Å²) in [6.07, 6.45) is 0. The predicted molar refractivity (Wildman–Crippen MR) is 107 cm³/mol. The number of anilines is 2. The SMILES string of the molecule is C[C@H](Cl)C(=O)Nc1ccc(N(C)C)c(C(=O)N[C@@H](C)c2ccccc2)c1. The van der Waals surface area contributed by atoms with Crippen LogP contribution in [0.2, 0.25) is 0 Å². The van der Waals surface area contributed by atoms with Gasteiger partial charge in [0.2, 0.25) is 5.91 Å². The van der Waals surface area contributed by atoms with E-state index >= 15 is 0 Å². The number of carbonyl (C=O) groups is 2. The minimum Gasteiger partial charge on any atom is -0.377 e. The summed E-state index contributed by atoms with van der Waals surface area (Å²) in [5.74, 6) is -0.520. The number of carbonyl (C=O) groups excluding carboxylic acids is 2. The van der Waals surface area contributed by atoms with Gasteiger partial charge in [-0.1, -0.05) is 30.3 Å². The van der Waals surface area contributed by atoms with Gasteiger partial charge in [-0.25, -0.2) is 0 Å². The lowest BCUT2D eigenvalue weighted by Crippen LogP contribution is -2.28. The number of nitrogens with one attached hydrogen (secondary N) is 2. The molecule has 0 aliphatic heterocycles. The molecule has 0 aromatic heterocycles.